The molecule has 1 aliphatic carbocycles. The lowest BCUT2D eigenvalue weighted by atomic mass is 9.78. The number of cyclic esters (lactones) is 1. The fraction of sp³-hybridized carbons (Fsp3) is 0.672. The van der Waals surface area contributed by atoms with E-state index >= 15 is 0 Å². The minimum Gasteiger partial charge on any atom is -0.460 e. The van der Waals surface area contributed by atoms with Crippen LogP contribution in [0, 0.1) is 35.5 Å². The summed E-state index contributed by atoms with van der Waals surface area (Å²) < 4.78 is 30.1. The third-order valence-corrected chi connectivity index (χ3v) is 15.8. The number of methoxy groups -OCH3 is 2. The second-order valence-corrected chi connectivity index (χ2v) is 21.6. The molecule has 3 fully saturated rings. The lowest BCUT2D eigenvalue weighted by Gasteiger charge is -2.43. The van der Waals surface area contributed by atoms with Crippen LogP contribution in [0.4, 0.5) is 0 Å². The van der Waals surface area contributed by atoms with Gasteiger partial charge in [-0.15, -0.1) is 0 Å². The van der Waals surface area contributed by atoms with Crippen molar-refractivity contribution in [2.24, 2.45) is 35.5 Å². The number of rotatable bonds is 9. The summed E-state index contributed by atoms with van der Waals surface area (Å²) in [5.74, 6) is -8.40. The van der Waals surface area contributed by atoms with Gasteiger partial charge >= 0.3 is 5.97 Å². The summed E-state index contributed by atoms with van der Waals surface area (Å²) in [6.07, 6.45) is 9.17. The van der Waals surface area contributed by atoms with Gasteiger partial charge in [0.2, 0.25) is 5.79 Å². The third kappa shape index (κ3) is 16.2. The van der Waals surface area contributed by atoms with Crippen molar-refractivity contribution >= 4 is 29.2 Å². The minimum absolute atomic E-state index is 0.0281. The number of esters is 1. The smallest absolute Gasteiger partial charge is 0.329 e. The highest BCUT2D eigenvalue weighted by Crippen LogP contribution is 2.38. The summed E-state index contributed by atoms with van der Waals surface area (Å²) in [7, 11) is 2.93. The van der Waals surface area contributed by atoms with Gasteiger partial charge in [0.1, 0.15) is 36.2 Å². The monoisotopic (exact) mass is 1020 g/mol. The van der Waals surface area contributed by atoms with E-state index in [1.54, 1.807) is 53.0 Å². The van der Waals surface area contributed by atoms with Crippen LogP contribution in [0.1, 0.15) is 137 Å². The zero-order valence-electron chi connectivity index (χ0n) is 44.7. The van der Waals surface area contributed by atoms with Gasteiger partial charge in [-0.3, -0.25) is 19.2 Å². The van der Waals surface area contributed by atoms with Crippen LogP contribution >= 0.6 is 0 Å². The van der Waals surface area contributed by atoms with Crippen LogP contribution in [0.2, 0.25) is 0 Å². The largest absolute Gasteiger partial charge is 0.460 e. The number of amides is 1. The van der Waals surface area contributed by atoms with Crippen LogP contribution in [0.3, 0.4) is 0 Å². The summed E-state index contributed by atoms with van der Waals surface area (Å²) in [4.78, 5) is 72.6. The van der Waals surface area contributed by atoms with E-state index in [-0.39, 0.29) is 67.8 Å². The minimum atomic E-state index is -2.52. The van der Waals surface area contributed by atoms with E-state index in [4.69, 9.17) is 23.7 Å². The van der Waals surface area contributed by atoms with Gasteiger partial charge in [0.25, 0.3) is 11.7 Å². The van der Waals surface area contributed by atoms with E-state index in [0.717, 1.165) is 5.57 Å². The Balaban J connectivity index is 1.49. The number of carbonyl (C=O) groups excluding carboxylic acids is 5. The highest BCUT2D eigenvalue weighted by atomic mass is 16.6. The molecule has 2 unspecified atom stereocenters. The van der Waals surface area contributed by atoms with Crippen molar-refractivity contribution in [1.82, 2.24) is 4.90 Å². The summed E-state index contributed by atoms with van der Waals surface area (Å²) in [5, 5.41) is 45.3. The molecule has 1 aromatic carbocycles. The molecule has 2 saturated heterocycles. The molecule has 16 atom stereocenters. The molecule has 3 aliphatic heterocycles. The van der Waals surface area contributed by atoms with Gasteiger partial charge in [-0.05, 0) is 113 Å². The second kappa shape index (κ2) is 28.1. The van der Waals surface area contributed by atoms with Crippen molar-refractivity contribution in [3.8, 4) is 0 Å². The maximum absolute atomic E-state index is 14.5. The molecule has 2 bridgehead atoms. The van der Waals surface area contributed by atoms with Crippen molar-refractivity contribution in [1.29, 1.82) is 0 Å². The van der Waals surface area contributed by atoms with Crippen molar-refractivity contribution in [3.63, 3.8) is 0 Å². The number of carbonyl (C=O) groups is 5. The first-order valence-electron chi connectivity index (χ1n) is 26.7. The Kier molecular flexibility index (Phi) is 23.0. The summed E-state index contributed by atoms with van der Waals surface area (Å²) in [5.41, 5.74) is 1.82. The van der Waals surface area contributed by atoms with Crippen LogP contribution in [0.5, 0.6) is 0 Å². The summed E-state index contributed by atoms with van der Waals surface area (Å²) >= 11 is 0. The highest BCUT2D eigenvalue weighted by Gasteiger charge is 2.53. The molecule has 0 radical (unpaired) electrons. The van der Waals surface area contributed by atoms with E-state index < -0.39 is 90.0 Å². The molecule has 406 valence electrons. The molecule has 4 aliphatic rings. The number of aliphatic hydroxyl groups excluding tert-OH is 3. The topological polar surface area (TPSA) is 216 Å². The first-order chi connectivity index (χ1) is 34.7. The van der Waals surface area contributed by atoms with Crippen LogP contribution in [0.25, 0.3) is 0 Å². The summed E-state index contributed by atoms with van der Waals surface area (Å²) in [6.45, 7) is 12.6. The average molecular weight is 1020 g/mol. The van der Waals surface area contributed by atoms with Crippen LogP contribution in [-0.4, -0.2) is 136 Å². The van der Waals surface area contributed by atoms with Crippen molar-refractivity contribution in [2.75, 3.05) is 27.4 Å². The normalized spacial score (nSPS) is 37.7. The number of Topliss-reactive ketones (excluding diaryl/α,β-unsaturated/α-hetero) is 3. The number of nitrogens with zero attached hydrogens (tertiary/aromatic N) is 1. The van der Waals surface area contributed by atoms with Crippen molar-refractivity contribution < 1.29 is 68.1 Å². The van der Waals surface area contributed by atoms with Gasteiger partial charge < -0.3 is 49.0 Å². The molecule has 1 saturated carbocycles. The molecule has 3 heterocycles. The molecule has 73 heavy (non-hydrogen) atoms. The molecule has 1 aromatic rings. The number of ether oxygens (including phenoxy) is 5. The van der Waals surface area contributed by atoms with Gasteiger partial charge in [-0.25, -0.2) is 4.79 Å². The van der Waals surface area contributed by atoms with Crippen LogP contribution < -0.4 is 0 Å². The van der Waals surface area contributed by atoms with E-state index in [2.05, 4.69) is 0 Å². The molecule has 15 nitrogen and oxygen atoms in total. The zero-order valence-corrected chi connectivity index (χ0v) is 44.7. The Morgan fingerprint density at radius 2 is 1.58 bits per heavy atom. The summed E-state index contributed by atoms with van der Waals surface area (Å²) in [6, 6.07) is 7.94. The number of ketones is 3. The van der Waals surface area contributed by atoms with Gasteiger partial charge in [0.05, 0.1) is 31.0 Å². The Labute approximate surface area is 433 Å². The number of benzene rings is 1. The van der Waals surface area contributed by atoms with E-state index in [9.17, 15) is 44.4 Å². The van der Waals surface area contributed by atoms with Gasteiger partial charge in [-0.2, -0.15) is 0 Å². The zero-order chi connectivity index (χ0) is 53.6. The molecule has 4 N–H and O–H groups in total. The predicted molar refractivity (Wildman–Crippen MR) is 275 cm³/mol. The molecular formula is C58H85NO14. The second-order valence-electron chi connectivity index (χ2n) is 21.6. The average Bonchev–Trinajstić information content (AvgIpc) is 3.37. The fourth-order valence-corrected chi connectivity index (χ4v) is 11.0. The van der Waals surface area contributed by atoms with Crippen LogP contribution in [0.15, 0.2) is 77.9 Å². The number of allylic oxidation sites excluding steroid dienone is 6. The molecule has 1 amide bonds. The maximum Gasteiger partial charge on any atom is 0.329 e. The maximum atomic E-state index is 14.5. The standard InChI is InChI=1S/C58H85NO14/c1-35-18-12-10-13-19-36(2)49(71-34-48(62)43-20-14-11-15-21-43)32-44-25-23-41(7)58(68,73-44)55(65)56(66)59-27-17-16-22-45(59)57(67)72-50(38(4)30-42-24-26-46(60)51(31-42)69-8)33-47(61)37(3)29-40(6)53(64)54(70-9)52(63)39(5)28-35/h10-15,18-21,29,35,37-39,41-42,44-46,48-51,53-54,60,62,64,68H,16-17,22-28,30-34H2,1-9H3/b13-10+,18-12+,36-19+,40-29+/t35-,37-,38-,39-,41-,42+,44+,45?,46-,48+,49?,50+,51-,53-,54+,58-/m1/s1. The third-order valence-electron chi connectivity index (χ3n) is 15.8. The van der Waals surface area contributed by atoms with Crippen LogP contribution in [-0.2, 0) is 47.7 Å². The van der Waals surface area contributed by atoms with Crippen molar-refractivity contribution in [2.45, 2.75) is 186 Å². The number of aliphatic hydroxyl groups is 4. The lowest BCUT2D eigenvalue weighted by Crippen LogP contribution is -2.61. The van der Waals surface area contributed by atoms with Gasteiger partial charge in [-0.1, -0.05) is 101 Å². The Hall–Kier alpha value is -4.19. The first-order valence-corrected chi connectivity index (χ1v) is 26.7. The molecular weight excluding hydrogens is 935 g/mol. The molecule has 0 spiro atoms. The number of hydrogen-bond donors (Lipinski definition) is 4. The van der Waals surface area contributed by atoms with Gasteiger partial charge in [0.15, 0.2) is 5.78 Å². The van der Waals surface area contributed by atoms with E-state index in [1.807, 2.05) is 69.4 Å². The quantitative estimate of drug-likeness (QED) is 0.109. The predicted octanol–water partition coefficient (Wildman–Crippen LogP) is 7.28. The Morgan fingerprint density at radius 1 is 0.849 bits per heavy atom. The Bertz CT molecular complexity index is 2120. The number of hydrogen-bond acceptors (Lipinski definition) is 14. The van der Waals surface area contributed by atoms with E-state index in [1.165, 1.54) is 12.0 Å². The highest BCUT2D eigenvalue weighted by molar-refractivity contribution is 6.39. The first kappa shape index (κ1) is 59.7. The van der Waals surface area contributed by atoms with Crippen molar-refractivity contribution in [3.05, 3.63) is 83.5 Å². The Morgan fingerprint density at radius 3 is 2.27 bits per heavy atom. The van der Waals surface area contributed by atoms with E-state index in [0.29, 0.717) is 68.9 Å². The lowest BCUT2D eigenvalue weighted by molar-refractivity contribution is -0.266. The number of piperidine rings is 1. The number of fused-ring (bicyclic) bond motifs is 3. The molecule has 15 heteroatoms. The van der Waals surface area contributed by atoms with Gasteiger partial charge in [0, 0.05) is 51.4 Å². The fourth-order valence-electron chi connectivity index (χ4n) is 11.0. The SMILES string of the molecule is CO[C@@H]1C[C@H](C[C@@H](C)[C@@H]2CC(=O)[C@H](C)/C=C(\C)[C@@H](O)[C@@H](OC)C(=O)[C@H](C)C[C@H](C)/C=C/C=C/C=C(\C)C(OC[C@H](O)c3ccccc3)C[C@@H]3CC[C@@H](C)[C@@](O)(O3)C(=O)C(=O)N3CCCCC3C(=O)O2)CC[C@H]1O. The molecule has 5 rings (SSSR count). The molecule has 0 aromatic heterocycles.